The molecule has 0 aromatic heterocycles. The van der Waals surface area contributed by atoms with Gasteiger partial charge in [0.1, 0.15) is 0 Å². The van der Waals surface area contributed by atoms with Crippen LogP contribution >= 0.6 is 11.8 Å². The van der Waals surface area contributed by atoms with Gasteiger partial charge < -0.3 is 20.7 Å². The molecule has 1 fully saturated rings. The van der Waals surface area contributed by atoms with Crippen LogP contribution in [0.2, 0.25) is 0 Å². The van der Waals surface area contributed by atoms with Crippen molar-refractivity contribution in [2.24, 2.45) is 4.99 Å². The third-order valence-corrected chi connectivity index (χ3v) is 5.04. The van der Waals surface area contributed by atoms with Crippen molar-refractivity contribution < 1.29 is 9.53 Å². The van der Waals surface area contributed by atoms with Crippen LogP contribution in [-0.4, -0.2) is 61.3 Å². The Morgan fingerprint density at radius 3 is 2.43 bits per heavy atom. The first-order valence-corrected chi connectivity index (χ1v) is 9.26. The van der Waals surface area contributed by atoms with Crippen molar-refractivity contribution in [1.29, 1.82) is 0 Å². The Balaban J connectivity index is 2.45. The van der Waals surface area contributed by atoms with Crippen LogP contribution in [0.5, 0.6) is 0 Å². The summed E-state index contributed by atoms with van der Waals surface area (Å²) in [6, 6.07) is 0. The van der Waals surface area contributed by atoms with E-state index in [1.807, 2.05) is 32.5 Å². The first kappa shape index (κ1) is 20.1. The van der Waals surface area contributed by atoms with Crippen molar-refractivity contribution in [2.45, 2.75) is 50.8 Å². The average molecular weight is 345 g/mol. The molecule has 1 aliphatic rings. The number of nitrogens with one attached hydrogen (secondary N) is 3. The van der Waals surface area contributed by atoms with Crippen LogP contribution in [0.25, 0.3) is 0 Å². The predicted molar refractivity (Wildman–Crippen MR) is 98.2 cm³/mol. The number of hydrogen-bond acceptors (Lipinski definition) is 4. The smallest absolute Gasteiger partial charge is 0.239 e. The minimum Gasteiger partial charge on any atom is -0.381 e. The van der Waals surface area contributed by atoms with Gasteiger partial charge in [0.05, 0.1) is 6.54 Å². The molecule has 0 unspecified atom stereocenters. The third kappa shape index (κ3) is 7.92. The van der Waals surface area contributed by atoms with Crippen LogP contribution in [0.15, 0.2) is 4.99 Å². The second kappa shape index (κ2) is 9.37. The zero-order valence-corrected chi connectivity index (χ0v) is 15.9. The van der Waals surface area contributed by atoms with E-state index >= 15 is 0 Å². The molecule has 7 heteroatoms. The Morgan fingerprint density at radius 1 is 1.26 bits per heavy atom. The molecule has 3 N–H and O–H groups in total. The van der Waals surface area contributed by atoms with Crippen molar-refractivity contribution in [3.8, 4) is 0 Å². The Bertz CT molecular complexity index is 396. The zero-order chi connectivity index (χ0) is 17.3. The van der Waals surface area contributed by atoms with Crippen LogP contribution in [0.1, 0.15) is 40.5 Å². The van der Waals surface area contributed by atoms with E-state index < -0.39 is 0 Å². The summed E-state index contributed by atoms with van der Waals surface area (Å²) >= 11 is 1.98. The zero-order valence-electron chi connectivity index (χ0n) is 15.1. The SMILES string of the molecule is CCSC1(CNC(=NC)NCC(=O)NC(C)(C)C)CCOCC1. The number of nitrogens with zero attached hydrogens (tertiary/aromatic N) is 1. The highest BCUT2D eigenvalue weighted by molar-refractivity contribution is 8.00. The highest BCUT2D eigenvalue weighted by Crippen LogP contribution is 2.34. The monoisotopic (exact) mass is 344 g/mol. The van der Waals surface area contributed by atoms with E-state index in [0.29, 0.717) is 5.96 Å². The van der Waals surface area contributed by atoms with E-state index in [1.165, 1.54) is 0 Å². The summed E-state index contributed by atoms with van der Waals surface area (Å²) in [5.41, 5.74) is -0.223. The molecule has 1 aliphatic heterocycles. The van der Waals surface area contributed by atoms with Crippen LogP contribution in [0.4, 0.5) is 0 Å². The molecule has 0 spiro atoms. The standard InChI is InChI=1S/C16H32N4O2S/c1-6-23-16(7-9-22-10-8-16)12-19-14(17-5)18-11-13(21)20-15(2,3)4/h6-12H2,1-5H3,(H,20,21)(H2,17,18,19). The lowest BCUT2D eigenvalue weighted by Crippen LogP contribution is -2.51. The lowest BCUT2D eigenvalue weighted by Gasteiger charge is -2.37. The molecule has 1 rings (SSSR count). The van der Waals surface area contributed by atoms with E-state index in [1.54, 1.807) is 7.05 Å². The predicted octanol–water partition coefficient (Wildman–Crippen LogP) is 1.37. The number of aliphatic imine (C=N–C) groups is 1. The molecule has 1 saturated heterocycles. The van der Waals surface area contributed by atoms with Crippen molar-refractivity contribution in [2.75, 3.05) is 39.1 Å². The Morgan fingerprint density at radius 2 is 1.91 bits per heavy atom. The molecule has 0 radical (unpaired) electrons. The first-order chi connectivity index (χ1) is 10.8. The largest absolute Gasteiger partial charge is 0.381 e. The summed E-state index contributed by atoms with van der Waals surface area (Å²) in [5.74, 6) is 1.71. The van der Waals surface area contributed by atoms with Gasteiger partial charge in [-0.25, -0.2) is 0 Å². The first-order valence-electron chi connectivity index (χ1n) is 8.27. The summed E-state index contributed by atoms with van der Waals surface area (Å²) in [6.45, 7) is 10.8. The molecule has 23 heavy (non-hydrogen) atoms. The van der Waals surface area contributed by atoms with Crippen molar-refractivity contribution in [3.05, 3.63) is 0 Å². The topological polar surface area (TPSA) is 74.8 Å². The minimum absolute atomic E-state index is 0.0378. The van der Waals surface area contributed by atoms with Crippen LogP contribution in [0.3, 0.4) is 0 Å². The molecule has 0 aromatic rings. The molecule has 1 amide bonds. The Labute approximate surface area is 144 Å². The van der Waals surface area contributed by atoms with Gasteiger partial charge in [-0.3, -0.25) is 9.79 Å². The number of guanidine groups is 1. The summed E-state index contributed by atoms with van der Waals surface area (Å²) in [7, 11) is 1.72. The minimum atomic E-state index is -0.223. The van der Waals surface area contributed by atoms with Crippen molar-refractivity contribution in [1.82, 2.24) is 16.0 Å². The lowest BCUT2D eigenvalue weighted by atomic mass is 9.99. The third-order valence-electron chi connectivity index (χ3n) is 3.59. The highest BCUT2D eigenvalue weighted by Gasteiger charge is 2.32. The van der Waals surface area contributed by atoms with Gasteiger partial charge >= 0.3 is 0 Å². The summed E-state index contributed by atoms with van der Waals surface area (Å²) in [6.07, 6.45) is 2.08. The molecule has 0 saturated carbocycles. The molecule has 134 valence electrons. The maximum absolute atomic E-state index is 11.9. The second-order valence-corrected chi connectivity index (χ2v) is 8.54. The van der Waals surface area contributed by atoms with Gasteiger partial charge in [0.25, 0.3) is 0 Å². The molecule has 0 bridgehead atoms. The van der Waals surface area contributed by atoms with Crippen LogP contribution < -0.4 is 16.0 Å². The summed E-state index contributed by atoms with van der Waals surface area (Å²) < 4.78 is 5.68. The van der Waals surface area contributed by atoms with Gasteiger partial charge in [0, 0.05) is 37.1 Å². The van der Waals surface area contributed by atoms with Gasteiger partial charge in [0.15, 0.2) is 5.96 Å². The van der Waals surface area contributed by atoms with E-state index in [9.17, 15) is 4.79 Å². The Hall–Kier alpha value is -0.950. The number of rotatable bonds is 6. The fraction of sp³-hybridized carbons (Fsp3) is 0.875. The summed E-state index contributed by atoms with van der Waals surface area (Å²) in [5, 5.41) is 9.37. The van der Waals surface area contributed by atoms with Gasteiger partial charge in [-0.05, 0) is 39.4 Å². The fourth-order valence-corrected chi connectivity index (χ4v) is 3.76. The summed E-state index contributed by atoms with van der Waals surface area (Å²) in [4.78, 5) is 16.1. The molecular formula is C16H32N4O2S. The maximum atomic E-state index is 11.9. The molecule has 1 heterocycles. The van der Waals surface area contributed by atoms with Gasteiger partial charge in [-0.15, -0.1) is 0 Å². The van der Waals surface area contributed by atoms with E-state index in [2.05, 4.69) is 27.9 Å². The second-order valence-electron chi connectivity index (χ2n) is 6.81. The van der Waals surface area contributed by atoms with Crippen molar-refractivity contribution in [3.63, 3.8) is 0 Å². The van der Waals surface area contributed by atoms with Gasteiger partial charge in [-0.1, -0.05) is 6.92 Å². The Kier molecular flexibility index (Phi) is 8.19. The number of thioether (sulfide) groups is 1. The molecular weight excluding hydrogens is 312 g/mol. The highest BCUT2D eigenvalue weighted by atomic mass is 32.2. The number of carbonyl (C=O) groups is 1. The molecule has 0 atom stereocenters. The van der Waals surface area contributed by atoms with Crippen molar-refractivity contribution >= 4 is 23.6 Å². The van der Waals surface area contributed by atoms with E-state index in [4.69, 9.17) is 4.74 Å². The number of carbonyl (C=O) groups excluding carboxylic acids is 1. The van der Waals surface area contributed by atoms with E-state index in [-0.39, 0.29) is 22.7 Å². The molecule has 0 aromatic carbocycles. The van der Waals surface area contributed by atoms with Gasteiger partial charge in [0.2, 0.25) is 5.91 Å². The maximum Gasteiger partial charge on any atom is 0.239 e. The quantitative estimate of drug-likeness (QED) is 0.501. The fourth-order valence-electron chi connectivity index (χ4n) is 2.51. The number of hydrogen-bond donors (Lipinski definition) is 3. The van der Waals surface area contributed by atoms with Gasteiger partial charge in [-0.2, -0.15) is 11.8 Å². The molecule has 6 nitrogen and oxygen atoms in total. The normalized spacial score (nSPS) is 18.4. The average Bonchev–Trinajstić information content (AvgIpc) is 2.47. The molecule has 0 aliphatic carbocycles. The number of ether oxygens (including phenoxy) is 1. The number of amides is 1. The van der Waals surface area contributed by atoms with E-state index in [0.717, 1.165) is 38.4 Å². The van der Waals surface area contributed by atoms with Crippen LogP contribution in [0, 0.1) is 0 Å². The van der Waals surface area contributed by atoms with Crippen LogP contribution in [-0.2, 0) is 9.53 Å². The lowest BCUT2D eigenvalue weighted by molar-refractivity contribution is -0.121.